The number of ketones is 1. The smallest absolute Gasteiger partial charge is 0.162 e. The first-order valence-electron chi connectivity index (χ1n) is 10.2. The van der Waals surface area contributed by atoms with Crippen LogP contribution in [0.1, 0.15) is 46.9 Å². The number of allylic oxidation sites excluding steroid dienone is 3. The number of thiophene rings is 1. The van der Waals surface area contributed by atoms with Crippen LogP contribution in [0, 0.1) is 11.3 Å². The second-order valence-corrected chi connectivity index (χ2v) is 9.16. The lowest BCUT2D eigenvalue weighted by atomic mass is 9.74. The second kappa shape index (κ2) is 8.10. The van der Waals surface area contributed by atoms with E-state index in [1.54, 1.807) is 11.3 Å². The van der Waals surface area contributed by atoms with Crippen LogP contribution in [0.25, 0.3) is 0 Å². The maximum atomic E-state index is 13.5. The molecule has 5 nitrogen and oxygen atoms in total. The first-order valence-corrected chi connectivity index (χ1v) is 11.0. The third-order valence-electron chi connectivity index (χ3n) is 5.93. The molecule has 2 heterocycles. The van der Waals surface area contributed by atoms with E-state index in [2.05, 4.69) is 31.2 Å². The van der Waals surface area contributed by atoms with Crippen LogP contribution in [0.4, 0.5) is 0 Å². The largest absolute Gasteiger partial charge is 0.383 e. The van der Waals surface area contributed by atoms with Crippen LogP contribution < -0.4 is 5.73 Å². The summed E-state index contributed by atoms with van der Waals surface area (Å²) in [7, 11) is 3.79. The van der Waals surface area contributed by atoms with Crippen molar-refractivity contribution in [3.63, 3.8) is 0 Å². The van der Waals surface area contributed by atoms with Crippen molar-refractivity contribution in [2.24, 2.45) is 5.73 Å². The lowest BCUT2D eigenvalue weighted by Crippen LogP contribution is -2.45. The highest BCUT2D eigenvalue weighted by Gasteiger charge is 2.43. The summed E-state index contributed by atoms with van der Waals surface area (Å²) >= 11 is 1.67. The van der Waals surface area contributed by atoms with Gasteiger partial charge in [0.05, 0.1) is 17.6 Å². The molecule has 0 saturated carbocycles. The molecule has 0 amide bonds. The molecule has 0 fully saturated rings. The molecule has 2 N–H and O–H groups in total. The van der Waals surface area contributed by atoms with Crippen molar-refractivity contribution >= 4 is 17.1 Å². The van der Waals surface area contributed by atoms with Gasteiger partial charge < -0.3 is 5.73 Å². The molecule has 1 aliphatic carbocycles. The number of Topliss-reactive ketones (excluding diaryl/α,β-unsaturated/α-hetero) is 1. The number of benzene rings is 1. The lowest BCUT2D eigenvalue weighted by Gasteiger charge is -2.43. The van der Waals surface area contributed by atoms with Crippen LogP contribution in [0.3, 0.4) is 0 Å². The zero-order valence-corrected chi connectivity index (χ0v) is 18.4. The van der Waals surface area contributed by atoms with E-state index in [-0.39, 0.29) is 17.6 Å². The van der Waals surface area contributed by atoms with Gasteiger partial charge in [-0.3, -0.25) is 9.80 Å². The first-order chi connectivity index (χ1) is 14.5. The molecule has 4 rings (SSSR count). The van der Waals surface area contributed by atoms with Crippen LogP contribution in [0.15, 0.2) is 65.1 Å². The third kappa shape index (κ3) is 3.34. The average Bonchev–Trinajstić information content (AvgIpc) is 3.22. The van der Waals surface area contributed by atoms with Crippen LogP contribution in [-0.2, 0) is 11.2 Å². The van der Waals surface area contributed by atoms with E-state index in [0.29, 0.717) is 24.2 Å². The van der Waals surface area contributed by atoms with Crippen molar-refractivity contribution in [3.8, 4) is 6.07 Å². The highest BCUT2D eigenvalue weighted by molar-refractivity contribution is 7.12. The van der Waals surface area contributed by atoms with Crippen molar-refractivity contribution < 1.29 is 4.79 Å². The van der Waals surface area contributed by atoms with Crippen LogP contribution in [-0.4, -0.2) is 29.9 Å². The van der Waals surface area contributed by atoms with Crippen LogP contribution >= 0.6 is 11.3 Å². The zero-order valence-electron chi connectivity index (χ0n) is 17.6. The van der Waals surface area contributed by atoms with Crippen LogP contribution in [0.5, 0.6) is 0 Å². The average molecular weight is 419 g/mol. The van der Waals surface area contributed by atoms with Gasteiger partial charge in [-0.2, -0.15) is 5.26 Å². The molecule has 2 aromatic rings. The molecule has 1 aromatic heterocycles. The Morgan fingerprint density at radius 2 is 1.93 bits per heavy atom. The molecular formula is C24H26N4OS. The monoisotopic (exact) mass is 418 g/mol. The van der Waals surface area contributed by atoms with Gasteiger partial charge in [0.15, 0.2) is 5.78 Å². The zero-order chi connectivity index (χ0) is 21.4. The summed E-state index contributed by atoms with van der Waals surface area (Å²) in [6.45, 7) is 2.11. The number of aryl methyl sites for hydroxylation is 1. The summed E-state index contributed by atoms with van der Waals surface area (Å²) in [5.41, 5.74) is 9.80. The number of nitriles is 1. The van der Waals surface area contributed by atoms with Crippen molar-refractivity contribution in [2.45, 2.75) is 38.0 Å². The van der Waals surface area contributed by atoms with E-state index < -0.39 is 0 Å². The van der Waals surface area contributed by atoms with E-state index >= 15 is 0 Å². The Morgan fingerprint density at radius 3 is 2.53 bits per heavy atom. The van der Waals surface area contributed by atoms with E-state index in [0.717, 1.165) is 28.1 Å². The van der Waals surface area contributed by atoms with Gasteiger partial charge in [0.1, 0.15) is 5.82 Å². The number of nitrogens with two attached hydrogens (primary N) is 1. The number of carbonyl (C=O) groups excluding carboxylic acids is 1. The molecule has 0 saturated heterocycles. The maximum absolute atomic E-state index is 13.5. The molecule has 0 spiro atoms. The van der Waals surface area contributed by atoms with Crippen molar-refractivity contribution in [2.75, 3.05) is 14.1 Å². The molecule has 0 bridgehead atoms. The van der Waals surface area contributed by atoms with E-state index in [1.807, 2.05) is 48.4 Å². The van der Waals surface area contributed by atoms with E-state index in [1.165, 1.54) is 4.88 Å². The fourth-order valence-electron chi connectivity index (χ4n) is 4.55. The molecule has 154 valence electrons. The Morgan fingerprint density at radius 1 is 1.20 bits per heavy atom. The summed E-state index contributed by atoms with van der Waals surface area (Å²) < 4.78 is 0. The topological polar surface area (TPSA) is 73.4 Å². The lowest BCUT2D eigenvalue weighted by molar-refractivity contribution is -0.117. The fraction of sp³-hybridized carbons (Fsp3) is 0.333. The fourth-order valence-corrected chi connectivity index (χ4v) is 5.63. The molecule has 2 unspecified atom stereocenters. The minimum Gasteiger partial charge on any atom is -0.383 e. The number of carbonyl (C=O) groups is 1. The Balaban J connectivity index is 1.88. The van der Waals surface area contributed by atoms with E-state index in [9.17, 15) is 10.1 Å². The van der Waals surface area contributed by atoms with Gasteiger partial charge >= 0.3 is 0 Å². The molecular weight excluding hydrogens is 392 g/mol. The summed E-state index contributed by atoms with van der Waals surface area (Å²) in [4.78, 5) is 15.8. The van der Waals surface area contributed by atoms with Gasteiger partial charge in [-0.15, -0.1) is 11.3 Å². The van der Waals surface area contributed by atoms with E-state index in [4.69, 9.17) is 5.73 Å². The SMILES string of the molecule is CCc1ccc(C2C(C#N)=C(N)N(N(C)C)C3=C2C(=O)CC(c2ccccc2)C3)s1. The Hall–Kier alpha value is -2.88. The molecule has 6 heteroatoms. The van der Waals surface area contributed by atoms with Gasteiger partial charge in [-0.25, -0.2) is 5.01 Å². The Bertz CT molecular complexity index is 1070. The highest BCUT2D eigenvalue weighted by atomic mass is 32.1. The molecule has 2 aliphatic rings. The summed E-state index contributed by atoms with van der Waals surface area (Å²) in [6.07, 6.45) is 2.09. The number of hydrogen-bond donors (Lipinski definition) is 1. The summed E-state index contributed by atoms with van der Waals surface area (Å²) in [5, 5.41) is 13.7. The predicted octanol–water partition coefficient (Wildman–Crippen LogP) is 4.28. The number of hydrogen-bond acceptors (Lipinski definition) is 6. The predicted molar refractivity (Wildman–Crippen MR) is 119 cm³/mol. The van der Waals surface area contributed by atoms with Gasteiger partial charge in [-0.05, 0) is 36.5 Å². The second-order valence-electron chi connectivity index (χ2n) is 7.96. The highest BCUT2D eigenvalue weighted by Crippen LogP contribution is 2.49. The van der Waals surface area contributed by atoms with Crippen molar-refractivity contribution in [3.05, 3.63) is 80.4 Å². The normalized spacial score (nSPS) is 21.8. The minimum atomic E-state index is -0.379. The van der Waals surface area contributed by atoms with Crippen molar-refractivity contribution in [1.29, 1.82) is 5.26 Å². The van der Waals surface area contributed by atoms with Crippen molar-refractivity contribution in [1.82, 2.24) is 10.0 Å². The van der Waals surface area contributed by atoms with Crippen LogP contribution in [0.2, 0.25) is 0 Å². The van der Waals surface area contributed by atoms with Gasteiger partial charge in [0, 0.05) is 41.5 Å². The number of hydrazine groups is 1. The molecule has 1 aromatic carbocycles. The molecule has 2 atom stereocenters. The quantitative estimate of drug-likeness (QED) is 0.802. The number of nitrogens with zero attached hydrogens (tertiary/aromatic N) is 3. The molecule has 30 heavy (non-hydrogen) atoms. The minimum absolute atomic E-state index is 0.103. The standard InChI is InChI=1S/C24H26N4OS/c1-4-17-10-11-21(30-17)22-18(14-25)24(26)28(27(2)3)19-12-16(13-20(29)23(19)22)15-8-6-5-7-9-15/h5-11,16,22H,4,12-13,26H2,1-3H3. The molecule has 0 radical (unpaired) electrons. The summed E-state index contributed by atoms with van der Waals surface area (Å²) in [5.74, 6) is 0.245. The Kier molecular flexibility index (Phi) is 5.50. The maximum Gasteiger partial charge on any atom is 0.162 e. The number of rotatable bonds is 4. The van der Waals surface area contributed by atoms with Gasteiger partial charge in [0.25, 0.3) is 0 Å². The third-order valence-corrected chi connectivity index (χ3v) is 7.22. The van der Waals surface area contributed by atoms with Gasteiger partial charge in [0.2, 0.25) is 0 Å². The van der Waals surface area contributed by atoms with Gasteiger partial charge in [-0.1, -0.05) is 37.3 Å². The Labute approximate surface area is 181 Å². The first kappa shape index (κ1) is 20.4. The molecule has 1 aliphatic heterocycles. The summed E-state index contributed by atoms with van der Waals surface area (Å²) in [6, 6.07) is 16.6.